The quantitative estimate of drug-likeness (QED) is 0.883. The van der Waals surface area contributed by atoms with E-state index in [1.54, 1.807) is 31.9 Å². The SMILES string of the molecule is COc1ccccc1NC(=O)C1CCN(C(=O)C(C)(C)N)CC1. The molecule has 1 saturated heterocycles. The second-order valence-corrected chi connectivity index (χ2v) is 6.48. The number of para-hydroxylation sites is 2. The lowest BCUT2D eigenvalue weighted by molar-refractivity contribution is -0.138. The van der Waals surface area contributed by atoms with E-state index in [0.29, 0.717) is 37.4 Å². The molecule has 1 aliphatic rings. The molecule has 0 aliphatic carbocycles. The minimum Gasteiger partial charge on any atom is -0.495 e. The summed E-state index contributed by atoms with van der Waals surface area (Å²) in [6, 6.07) is 7.32. The number of amides is 2. The lowest BCUT2D eigenvalue weighted by atomic mass is 9.94. The Kier molecular flexibility index (Phi) is 5.26. The molecule has 0 aromatic heterocycles. The molecule has 6 heteroatoms. The lowest BCUT2D eigenvalue weighted by Gasteiger charge is -2.35. The largest absolute Gasteiger partial charge is 0.495 e. The first-order valence-corrected chi connectivity index (χ1v) is 7.85. The summed E-state index contributed by atoms with van der Waals surface area (Å²) in [5, 5.41) is 2.91. The molecule has 2 rings (SSSR count). The van der Waals surface area contributed by atoms with Gasteiger partial charge in [-0.25, -0.2) is 0 Å². The van der Waals surface area contributed by atoms with Crippen LogP contribution in [0.3, 0.4) is 0 Å². The van der Waals surface area contributed by atoms with E-state index in [1.807, 2.05) is 18.2 Å². The molecule has 1 aliphatic heterocycles. The minimum atomic E-state index is -0.869. The van der Waals surface area contributed by atoms with Crippen molar-refractivity contribution in [3.63, 3.8) is 0 Å². The van der Waals surface area contributed by atoms with Crippen molar-refractivity contribution in [2.45, 2.75) is 32.2 Å². The molecule has 1 aromatic carbocycles. The monoisotopic (exact) mass is 319 g/mol. The van der Waals surface area contributed by atoms with E-state index >= 15 is 0 Å². The number of methoxy groups -OCH3 is 1. The average molecular weight is 319 g/mol. The number of benzene rings is 1. The van der Waals surface area contributed by atoms with Crippen molar-refractivity contribution < 1.29 is 14.3 Å². The molecule has 1 heterocycles. The summed E-state index contributed by atoms with van der Waals surface area (Å²) in [7, 11) is 1.57. The Bertz CT molecular complexity index is 573. The Balaban J connectivity index is 1.92. The van der Waals surface area contributed by atoms with Crippen LogP contribution in [0.4, 0.5) is 5.69 Å². The van der Waals surface area contributed by atoms with Gasteiger partial charge in [0.15, 0.2) is 0 Å². The van der Waals surface area contributed by atoms with Gasteiger partial charge in [-0.15, -0.1) is 0 Å². The Morgan fingerprint density at radius 3 is 2.43 bits per heavy atom. The number of hydrogen-bond acceptors (Lipinski definition) is 4. The normalized spacial score (nSPS) is 16.1. The summed E-state index contributed by atoms with van der Waals surface area (Å²) in [6.07, 6.45) is 1.28. The van der Waals surface area contributed by atoms with E-state index in [1.165, 1.54) is 0 Å². The topological polar surface area (TPSA) is 84.7 Å². The number of nitrogens with two attached hydrogens (primary N) is 1. The molecule has 0 bridgehead atoms. The molecule has 0 radical (unpaired) electrons. The molecule has 0 saturated carbocycles. The van der Waals surface area contributed by atoms with Gasteiger partial charge in [-0.1, -0.05) is 12.1 Å². The molecular weight excluding hydrogens is 294 g/mol. The molecule has 23 heavy (non-hydrogen) atoms. The van der Waals surface area contributed by atoms with Crippen LogP contribution in [-0.2, 0) is 9.59 Å². The van der Waals surface area contributed by atoms with Gasteiger partial charge in [-0.2, -0.15) is 0 Å². The van der Waals surface area contributed by atoms with Gasteiger partial charge >= 0.3 is 0 Å². The van der Waals surface area contributed by atoms with Crippen molar-refractivity contribution in [3.8, 4) is 5.75 Å². The minimum absolute atomic E-state index is 0.0337. The number of rotatable bonds is 4. The fraction of sp³-hybridized carbons (Fsp3) is 0.529. The third-order valence-corrected chi connectivity index (χ3v) is 4.07. The zero-order valence-electron chi connectivity index (χ0n) is 14.0. The molecular formula is C17H25N3O3. The predicted octanol–water partition coefficient (Wildman–Crippen LogP) is 1.61. The average Bonchev–Trinajstić information content (AvgIpc) is 2.54. The Morgan fingerprint density at radius 2 is 1.87 bits per heavy atom. The molecule has 0 atom stereocenters. The predicted molar refractivity (Wildman–Crippen MR) is 89.2 cm³/mol. The first kappa shape index (κ1) is 17.3. The van der Waals surface area contributed by atoms with Gasteiger partial charge in [0, 0.05) is 19.0 Å². The van der Waals surface area contributed by atoms with Crippen molar-refractivity contribution in [2.75, 3.05) is 25.5 Å². The number of nitrogens with one attached hydrogen (secondary N) is 1. The van der Waals surface area contributed by atoms with Crippen molar-refractivity contribution in [1.82, 2.24) is 4.90 Å². The maximum atomic E-state index is 12.4. The zero-order valence-corrected chi connectivity index (χ0v) is 14.0. The third kappa shape index (κ3) is 4.22. The van der Waals surface area contributed by atoms with E-state index < -0.39 is 5.54 Å². The van der Waals surface area contributed by atoms with Crippen LogP contribution in [0.25, 0.3) is 0 Å². The second kappa shape index (κ2) is 7.00. The summed E-state index contributed by atoms with van der Waals surface area (Å²) >= 11 is 0. The van der Waals surface area contributed by atoms with Gasteiger partial charge in [0.1, 0.15) is 5.75 Å². The highest BCUT2D eigenvalue weighted by atomic mass is 16.5. The Hall–Kier alpha value is -2.08. The fourth-order valence-electron chi connectivity index (χ4n) is 2.73. The van der Waals surface area contributed by atoms with Crippen molar-refractivity contribution in [3.05, 3.63) is 24.3 Å². The summed E-state index contributed by atoms with van der Waals surface area (Å²) in [4.78, 5) is 26.3. The number of ether oxygens (including phenoxy) is 1. The molecule has 0 unspecified atom stereocenters. The van der Waals surface area contributed by atoms with E-state index in [2.05, 4.69) is 5.32 Å². The molecule has 0 spiro atoms. The van der Waals surface area contributed by atoms with Crippen molar-refractivity contribution in [2.24, 2.45) is 11.7 Å². The maximum Gasteiger partial charge on any atom is 0.242 e. The van der Waals surface area contributed by atoms with E-state index in [0.717, 1.165) is 0 Å². The molecule has 3 N–H and O–H groups in total. The molecule has 1 aromatic rings. The molecule has 6 nitrogen and oxygen atoms in total. The van der Waals surface area contributed by atoms with Crippen molar-refractivity contribution >= 4 is 17.5 Å². The van der Waals surface area contributed by atoms with E-state index in [4.69, 9.17) is 10.5 Å². The number of nitrogens with zero attached hydrogens (tertiary/aromatic N) is 1. The van der Waals surface area contributed by atoms with Crippen LogP contribution in [-0.4, -0.2) is 42.5 Å². The summed E-state index contributed by atoms with van der Waals surface area (Å²) in [6.45, 7) is 4.53. The Morgan fingerprint density at radius 1 is 1.26 bits per heavy atom. The zero-order chi connectivity index (χ0) is 17.0. The second-order valence-electron chi connectivity index (χ2n) is 6.48. The fourth-order valence-corrected chi connectivity index (χ4v) is 2.73. The standard InChI is InChI=1S/C17H25N3O3/c1-17(2,18)16(22)20-10-8-12(9-11-20)15(21)19-13-6-4-5-7-14(13)23-3/h4-7,12H,8-11,18H2,1-3H3,(H,19,21). The lowest BCUT2D eigenvalue weighted by Crippen LogP contribution is -2.53. The van der Waals surface area contributed by atoms with Crippen LogP contribution >= 0.6 is 0 Å². The molecule has 126 valence electrons. The van der Waals surface area contributed by atoms with Gasteiger partial charge in [0.2, 0.25) is 11.8 Å². The first-order valence-electron chi connectivity index (χ1n) is 7.85. The number of likely N-dealkylation sites (tertiary alicyclic amines) is 1. The number of anilines is 1. The number of hydrogen-bond donors (Lipinski definition) is 2. The summed E-state index contributed by atoms with van der Waals surface area (Å²) in [5.41, 5.74) is 5.65. The number of carbonyl (C=O) groups is 2. The summed E-state index contributed by atoms with van der Waals surface area (Å²) in [5.74, 6) is 0.429. The van der Waals surface area contributed by atoms with Crippen LogP contribution in [0.2, 0.25) is 0 Å². The van der Waals surface area contributed by atoms with Gasteiger partial charge < -0.3 is 20.7 Å². The maximum absolute atomic E-state index is 12.4. The van der Waals surface area contributed by atoms with Crippen LogP contribution < -0.4 is 15.8 Å². The van der Waals surface area contributed by atoms with E-state index in [9.17, 15) is 9.59 Å². The highest BCUT2D eigenvalue weighted by Gasteiger charge is 2.32. The van der Waals surface area contributed by atoms with Crippen LogP contribution in [0.15, 0.2) is 24.3 Å². The number of carbonyl (C=O) groups excluding carboxylic acids is 2. The van der Waals surface area contributed by atoms with Gasteiger partial charge in [0.05, 0.1) is 18.3 Å². The van der Waals surface area contributed by atoms with Crippen LogP contribution in [0.5, 0.6) is 5.75 Å². The highest BCUT2D eigenvalue weighted by Crippen LogP contribution is 2.26. The van der Waals surface area contributed by atoms with Crippen LogP contribution in [0.1, 0.15) is 26.7 Å². The highest BCUT2D eigenvalue weighted by molar-refractivity contribution is 5.94. The first-order chi connectivity index (χ1) is 10.8. The number of piperidine rings is 1. The van der Waals surface area contributed by atoms with Crippen LogP contribution in [0, 0.1) is 5.92 Å². The molecule has 2 amide bonds. The summed E-state index contributed by atoms with van der Waals surface area (Å²) < 4.78 is 5.24. The van der Waals surface area contributed by atoms with E-state index in [-0.39, 0.29) is 17.7 Å². The third-order valence-electron chi connectivity index (χ3n) is 4.07. The van der Waals surface area contributed by atoms with Crippen molar-refractivity contribution in [1.29, 1.82) is 0 Å². The van der Waals surface area contributed by atoms with Gasteiger partial charge in [-0.3, -0.25) is 9.59 Å². The van der Waals surface area contributed by atoms with Gasteiger partial charge in [-0.05, 0) is 38.8 Å². The van der Waals surface area contributed by atoms with Gasteiger partial charge in [0.25, 0.3) is 0 Å². The smallest absolute Gasteiger partial charge is 0.242 e. The Labute approximate surface area is 137 Å². The molecule has 1 fully saturated rings.